The molecule has 0 bridgehead atoms. The van der Waals surface area contributed by atoms with Gasteiger partial charge in [0.15, 0.2) is 5.82 Å². The third-order valence-electron chi connectivity index (χ3n) is 2.61. The van der Waals surface area contributed by atoms with Crippen molar-refractivity contribution >= 4 is 38.4 Å². The molecule has 0 aliphatic carbocycles. The van der Waals surface area contributed by atoms with E-state index in [2.05, 4.69) is 21.2 Å². The van der Waals surface area contributed by atoms with Gasteiger partial charge in [-0.3, -0.25) is 0 Å². The monoisotopic (exact) mass is 358 g/mol. The van der Waals surface area contributed by atoms with Crippen LogP contribution in [0.15, 0.2) is 27.6 Å². The van der Waals surface area contributed by atoms with Gasteiger partial charge in [-0.15, -0.1) is 12.4 Å². The summed E-state index contributed by atoms with van der Waals surface area (Å²) in [5, 5.41) is 3.06. The molecule has 1 aliphatic heterocycles. The Morgan fingerprint density at radius 2 is 1.89 bits per heavy atom. The van der Waals surface area contributed by atoms with Gasteiger partial charge in [0.2, 0.25) is 10.0 Å². The fraction of sp³-hybridized carbons (Fsp3) is 0.400. The van der Waals surface area contributed by atoms with Crippen LogP contribution in [0.5, 0.6) is 0 Å². The van der Waals surface area contributed by atoms with Gasteiger partial charge in [0.05, 0.1) is 4.47 Å². The van der Waals surface area contributed by atoms with Gasteiger partial charge in [-0.05, 0) is 28.1 Å². The molecule has 102 valence electrons. The molecule has 0 saturated carbocycles. The highest BCUT2D eigenvalue weighted by atomic mass is 79.9. The Morgan fingerprint density at radius 3 is 2.50 bits per heavy atom. The Morgan fingerprint density at radius 1 is 1.28 bits per heavy atom. The molecule has 4 nitrogen and oxygen atoms in total. The minimum Gasteiger partial charge on any atom is -0.314 e. The van der Waals surface area contributed by atoms with E-state index < -0.39 is 15.8 Å². The first-order valence-electron chi connectivity index (χ1n) is 5.18. The summed E-state index contributed by atoms with van der Waals surface area (Å²) in [7, 11) is -3.73. The number of hydrogen-bond donors (Lipinski definition) is 1. The molecule has 1 heterocycles. The van der Waals surface area contributed by atoms with Gasteiger partial charge < -0.3 is 5.32 Å². The largest absolute Gasteiger partial charge is 0.314 e. The first kappa shape index (κ1) is 15.8. The predicted octanol–water partition coefficient (Wildman–Crippen LogP) is 1.60. The Bertz CT molecular complexity index is 521. The lowest BCUT2D eigenvalue weighted by molar-refractivity contribution is 0.358. The molecule has 0 amide bonds. The number of nitrogens with one attached hydrogen (secondary N) is 1. The van der Waals surface area contributed by atoms with Crippen molar-refractivity contribution in [3.63, 3.8) is 0 Å². The van der Waals surface area contributed by atoms with Crippen LogP contribution in [0, 0.1) is 5.82 Å². The lowest BCUT2D eigenvalue weighted by Gasteiger charge is -2.26. The highest BCUT2D eigenvalue weighted by molar-refractivity contribution is 9.10. The van der Waals surface area contributed by atoms with Gasteiger partial charge in [-0.1, -0.05) is 6.07 Å². The van der Waals surface area contributed by atoms with Crippen LogP contribution < -0.4 is 5.32 Å². The van der Waals surface area contributed by atoms with Gasteiger partial charge in [-0.25, -0.2) is 12.8 Å². The maximum atomic E-state index is 13.8. The summed E-state index contributed by atoms with van der Waals surface area (Å²) in [5.41, 5.74) is 0. The standard InChI is InChI=1S/C10H12BrFN2O2S.ClH/c11-8-2-1-3-9(10(8)12)17(15,16)14-6-4-13-5-7-14;/h1-3,13H,4-7H2;1H. The number of benzene rings is 1. The Hall–Kier alpha value is -0.210. The Balaban J connectivity index is 0.00000162. The molecule has 1 aliphatic rings. The molecule has 0 radical (unpaired) electrons. The van der Waals surface area contributed by atoms with E-state index in [-0.39, 0.29) is 21.8 Å². The van der Waals surface area contributed by atoms with E-state index in [9.17, 15) is 12.8 Å². The topological polar surface area (TPSA) is 49.4 Å². The molecular formula is C10H13BrClFN2O2S. The quantitative estimate of drug-likeness (QED) is 0.873. The van der Waals surface area contributed by atoms with Crippen molar-refractivity contribution in [2.75, 3.05) is 26.2 Å². The maximum Gasteiger partial charge on any atom is 0.246 e. The Labute approximate surface area is 120 Å². The summed E-state index contributed by atoms with van der Waals surface area (Å²) >= 11 is 2.99. The van der Waals surface area contributed by atoms with Crippen LogP contribution in [0.4, 0.5) is 4.39 Å². The molecule has 0 unspecified atom stereocenters. The molecule has 1 aromatic rings. The first-order chi connectivity index (χ1) is 8.03. The zero-order valence-electron chi connectivity index (χ0n) is 9.40. The van der Waals surface area contributed by atoms with E-state index in [0.717, 1.165) is 0 Å². The van der Waals surface area contributed by atoms with Crippen molar-refractivity contribution in [1.82, 2.24) is 9.62 Å². The molecule has 1 fully saturated rings. The summed E-state index contributed by atoms with van der Waals surface area (Å²) in [6.45, 7) is 1.92. The fourth-order valence-electron chi connectivity index (χ4n) is 1.71. The van der Waals surface area contributed by atoms with Crippen molar-refractivity contribution in [1.29, 1.82) is 0 Å². The number of hydrogen-bond acceptors (Lipinski definition) is 3. The highest BCUT2D eigenvalue weighted by Gasteiger charge is 2.28. The van der Waals surface area contributed by atoms with Crippen molar-refractivity contribution < 1.29 is 12.8 Å². The number of halogens is 3. The van der Waals surface area contributed by atoms with Crippen molar-refractivity contribution in [3.05, 3.63) is 28.5 Å². The summed E-state index contributed by atoms with van der Waals surface area (Å²) in [4.78, 5) is -0.270. The molecule has 8 heteroatoms. The molecular weight excluding hydrogens is 347 g/mol. The SMILES string of the molecule is Cl.O=S(=O)(c1cccc(Br)c1F)N1CCNCC1. The average Bonchev–Trinajstić information content (AvgIpc) is 2.33. The maximum absolute atomic E-state index is 13.8. The minimum absolute atomic E-state index is 0. The predicted molar refractivity (Wildman–Crippen MR) is 73.0 cm³/mol. The van der Waals surface area contributed by atoms with Crippen LogP contribution in [0.1, 0.15) is 0 Å². The molecule has 1 aromatic carbocycles. The molecule has 18 heavy (non-hydrogen) atoms. The van der Waals surface area contributed by atoms with Gasteiger partial charge in [-0.2, -0.15) is 4.31 Å². The van der Waals surface area contributed by atoms with Crippen LogP contribution >= 0.6 is 28.3 Å². The van der Waals surface area contributed by atoms with Crippen LogP contribution in [-0.2, 0) is 10.0 Å². The second kappa shape index (κ2) is 6.29. The number of sulfonamides is 1. The normalized spacial score (nSPS) is 17.2. The highest BCUT2D eigenvalue weighted by Crippen LogP contribution is 2.25. The molecule has 2 rings (SSSR count). The molecule has 1 N–H and O–H groups in total. The van der Waals surface area contributed by atoms with E-state index in [1.54, 1.807) is 0 Å². The summed E-state index contributed by atoms with van der Waals surface area (Å²) < 4.78 is 39.6. The third kappa shape index (κ3) is 3.03. The van der Waals surface area contributed by atoms with E-state index >= 15 is 0 Å². The smallest absolute Gasteiger partial charge is 0.246 e. The second-order valence-electron chi connectivity index (χ2n) is 3.71. The lowest BCUT2D eigenvalue weighted by Crippen LogP contribution is -2.46. The fourth-order valence-corrected chi connectivity index (χ4v) is 3.73. The number of piperazine rings is 1. The van der Waals surface area contributed by atoms with Crippen molar-refractivity contribution in [2.45, 2.75) is 4.90 Å². The summed E-state index contributed by atoms with van der Waals surface area (Å²) in [5.74, 6) is -0.731. The first-order valence-corrected chi connectivity index (χ1v) is 7.41. The van der Waals surface area contributed by atoms with Crippen LogP contribution in [0.25, 0.3) is 0 Å². The zero-order chi connectivity index (χ0) is 12.5. The summed E-state index contributed by atoms with van der Waals surface area (Å²) in [6.07, 6.45) is 0. The zero-order valence-corrected chi connectivity index (χ0v) is 12.6. The van der Waals surface area contributed by atoms with Gasteiger partial charge in [0, 0.05) is 26.2 Å². The van der Waals surface area contributed by atoms with E-state index in [1.165, 1.54) is 22.5 Å². The number of rotatable bonds is 2. The van der Waals surface area contributed by atoms with Crippen LogP contribution in [0.3, 0.4) is 0 Å². The number of nitrogens with zero attached hydrogens (tertiary/aromatic N) is 1. The Kier molecular flexibility index (Phi) is 5.54. The van der Waals surface area contributed by atoms with Crippen molar-refractivity contribution in [2.24, 2.45) is 0 Å². The van der Waals surface area contributed by atoms with Crippen LogP contribution in [0.2, 0.25) is 0 Å². The van der Waals surface area contributed by atoms with Gasteiger partial charge in [0.25, 0.3) is 0 Å². The van der Waals surface area contributed by atoms with Gasteiger partial charge >= 0.3 is 0 Å². The van der Waals surface area contributed by atoms with Crippen LogP contribution in [-0.4, -0.2) is 38.9 Å². The molecule has 0 spiro atoms. The molecule has 0 aromatic heterocycles. The third-order valence-corrected chi connectivity index (χ3v) is 5.14. The lowest BCUT2D eigenvalue weighted by atomic mass is 10.3. The van der Waals surface area contributed by atoms with E-state index in [4.69, 9.17) is 0 Å². The van der Waals surface area contributed by atoms with Gasteiger partial charge in [0.1, 0.15) is 4.90 Å². The van der Waals surface area contributed by atoms with E-state index in [1.807, 2.05) is 0 Å². The second-order valence-corrected chi connectivity index (χ2v) is 6.47. The van der Waals surface area contributed by atoms with Crippen molar-refractivity contribution in [3.8, 4) is 0 Å². The average molecular weight is 360 g/mol. The molecule has 0 atom stereocenters. The summed E-state index contributed by atoms with van der Waals surface area (Å²) in [6, 6.07) is 4.28. The molecule has 1 saturated heterocycles. The minimum atomic E-state index is -3.73. The van der Waals surface area contributed by atoms with E-state index in [0.29, 0.717) is 26.2 Å².